The lowest BCUT2D eigenvalue weighted by Crippen LogP contribution is -2.31. The van der Waals surface area contributed by atoms with Crippen molar-refractivity contribution in [2.75, 3.05) is 0 Å². The Morgan fingerprint density at radius 3 is 1.51 bits per heavy atom. The van der Waals surface area contributed by atoms with Crippen LogP contribution in [0.1, 0.15) is 169 Å². The molecule has 0 heterocycles. The largest absolute Gasteiger partial charge is 0.545 e. The van der Waals surface area contributed by atoms with Crippen molar-refractivity contribution in [1.29, 1.82) is 0 Å². The number of carboxylic acids is 4. The predicted octanol–water partition coefficient (Wildman–Crippen LogP) is 4.22. The molecule has 2 aromatic rings. The van der Waals surface area contributed by atoms with Gasteiger partial charge in [-0.1, -0.05) is 122 Å². The van der Waals surface area contributed by atoms with E-state index in [1.54, 1.807) is 12.1 Å². The molecule has 8 heteroatoms. The third-order valence-electron chi connectivity index (χ3n) is 7.98. The second kappa shape index (κ2) is 21.9. The molecular formula is C37H50O8-4. The Labute approximate surface area is 268 Å². The van der Waals surface area contributed by atoms with Crippen LogP contribution in [0.2, 0.25) is 0 Å². The van der Waals surface area contributed by atoms with Crippen molar-refractivity contribution in [3.63, 3.8) is 0 Å². The van der Waals surface area contributed by atoms with Crippen LogP contribution in [0.4, 0.5) is 0 Å². The van der Waals surface area contributed by atoms with Gasteiger partial charge in [-0.2, -0.15) is 0 Å². The first-order valence-corrected chi connectivity index (χ1v) is 16.6. The fourth-order valence-corrected chi connectivity index (χ4v) is 5.46. The standard InChI is InChI=1S/C24H38O4.C13H16O4/c1-3-5-7-9-11-13-15-19-17-18-21(23(25)26)22(24(27)28)20(19)16-14-12-10-8-6-4-2;1-8(2)6-7-9-4-3-5-10(12(14)15)11(9)13(16)17/h17-18H,3-16H2,1-2H3,(H,25,26)(H,27,28);3-5,8H,6-7H2,1-2H3,(H,14,15)(H,16,17)/p-4. The van der Waals surface area contributed by atoms with Gasteiger partial charge in [0.25, 0.3) is 0 Å². The summed E-state index contributed by atoms with van der Waals surface area (Å²) in [6, 6.07) is 7.50. The Bertz CT molecular complexity index is 1230. The number of rotatable bonds is 21. The molecule has 0 bridgehead atoms. The fraction of sp³-hybridized carbons (Fsp3) is 0.568. The van der Waals surface area contributed by atoms with Gasteiger partial charge in [0.1, 0.15) is 0 Å². The van der Waals surface area contributed by atoms with Crippen molar-refractivity contribution < 1.29 is 39.6 Å². The number of hydrogen-bond acceptors (Lipinski definition) is 8. The van der Waals surface area contributed by atoms with Gasteiger partial charge in [-0.25, -0.2) is 0 Å². The summed E-state index contributed by atoms with van der Waals surface area (Å²) in [6.45, 7) is 8.39. The van der Waals surface area contributed by atoms with Gasteiger partial charge in [-0.05, 0) is 61.1 Å². The second-order valence-electron chi connectivity index (χ2n) is 12.1. The number of unbranched alkanes of at least 4 members (excludes halogenated alkanes) is 10. The van der Waals surface area contributed by atoms with Crippen molar-refractivity contribution >= 4 is 23.9 Å². The van der Waals surface area contributed by atoms with Crippen molar-refractivity contribution in [2.45, 2.75) is 130 Å². The third kappa shape index (κ3) is 14.3. The lowest BCUT2D eigenvalue weighted by atomic mass is 9.89. The molecule has 0 spiro atoms. The maximum Gasteiger partial charge on any atom is 0.0724 e. The van der Waals surface area contributed by atoms with E-state index in [1.165, 1.54) is 63.1 Å². The summed E-state index contributed by atoms with van der Waals surface area (Å²) in [6.07, 6.45) is 16.3. The SMILES string of the molecule is CC(C)CCc1cccc(C(=O)[O-])c1C(=O)[O-].CCCCCCCCc1ccc(C(=O)[O-])c(C(=O)[O-])c1CCCCCCCC. The number of benzene rings is 2. The summed E-state index contributed by atoms with van der Waals surface area (Å²) in [5.41, 5.74) is 1.09. The first-order valence-electron chi connectivity index (χ1n) is 16.6. The minimum Gasteiger partial charge on any atom is -0.545 e. The Morgan fingerprint density at radius 1 is 0.533 bits per heavy atom. The molecule has 0 unspecified atom stereocenters. The van der Waals surface area contributed by atoms with Crippen LogP contribution in [0.25, 0.3) is 0 Å². The number of carbonyl (C=O) groups excluding carboxylic acids is 4. The molecule has 2 aromatic carbocycles. The molecule has 0 aliphatic carbocycles. The zero-order valence-corrected chi connectivity index (χ0v) is 27.5. The highest BCUT2D eigenvalue weighted by Crippen LogP contribution is 2.24. The number of aromatic carboxylic acids is 4. The first-order chi connectivity index (χ1) is 21.5. The quantitative estimate of drug-likeness (QED) is 0.187. The summed E-state index contributed by atoms with van der Waals surface area (Å²) in [4.78, 5) is 44.9. The maximum absolute atomic E-state index is 11.7. The number of hydrogen-bond donors (Lipinski definition) is 0. The molecule has 0 N–H and O–H groups in total. The van der Waals surface area contributed by atoms with E-state index in [0.29, 0.717) is 29.9 Å². The van der Waals surface area contributed by atoms with Gasteiger partial charge in [0, 0.05) is 22.3 Å². The van der Waals surface area contributed by atoms with Gasteiger partial charge in [0.05, 0.1) is 23.9 Å². The van der Waals surface area contributed by atoms with Crippen LogP contribution < -0.4 is 20.4 Å². The summed E-state index contributed by atoms with van der Waals surface area (Å²) >= 11 is 0. The second-order valence-corrected chi connectivity index (χ2v) is 12.1. The molecule has 0 amide bonds. The summed E-state index contributed by atoms with van der Waals surface area (Å²) in [5.74, 6) is -5.41. The molecule has 0 radical (unpaired) electrons. The molecule has 2 rings (SSSR count). The lowest BCUT2D eigenvalue weighted by Gasteiger charge is -2.20. The Hall–Kier alpha value is -3.68. The third-order valence-corrected chi connectivity index (χ3v) is 7.98. The Balaban J connectivity index is 0.000000507. The minimum absolute atomic E-state index is 0.169. The predicted molar refractivity (Wildman–Crippen MR) is 168 cm³/mol. The average molecular weight is 623 g/mol. The monoisotopic (exact) mass is 622 g/mol. The Morgan fingerprint density at radius 2 is 1.02 bits per heavy atom. The maximum atomic E-state index is 11.7. The van der Waals surface area contributed by atoms with Crippen LogP contribution >= 0.6 is 0 Å². The highest BCUT2D eigenvalue weighted by molar-refractivity contribution is 6.02. The fourth-order valence-electron chi connectivity index (χ4n) is 5.46. The highest BCUT2D eigenvalue weighted by Gasteiger charge is 2.15. The molecule has 0 aromatic heterocycles. The lowest BCUT2D eigenvalue weighted by molar-refractivity contribution is -0.259. The Kier molecular flexibility index (Phi) is 19.2. The summed E-state index contributed by atoms with van der Waals surface area (Å²) in [5, 5.41) is 44.9. The van der Waals surface area contributed by atoms with E-state index in [1.807, 2.05) is 13.8 Å². The molecule has 0 atom stereocenters. The van der Waals surface area contributed by atoms with E-state index in [2.05, 4.69) is 13.8 Å². The zero-order chi connectivity index (χ0) is 33.8. The molecule has 250 valence electrons. The van der Waals surface area contributed by atoms with Crippen LogP contribution in [-0.4, -0.2) is 23.9 Å². The molecule has 0 saturated heterocycles. The van der Waals surface area contributed by atoms with Crippen LogP contribution in [0.3, 0.4) is 0 Å². The molecular weight excluding hydrogens is 572 g/mol. The van der Waals surface area contributed by atoms with Gasteiger partial charge in [0.2, 0.25) is 0 Å². The molecule has 8 nitrogen and oxygen atoms in total. The van der Waals surface area contributed by atoms with Crippen LogP contribution in [0, 0.1) is 5.92 Å². The zero-order valence-electron chi connectivity index (χ0n) is 27.5. The van der Waals surface area contributed by atoms with E-state index >= 15 is 0 Å². The normalized spacial score (nSPS) is 10.8. The molecule has 0 fully saturated rings. The topological polar surface area (TPSA) is 161 Å². The highest BCUT2D eigenvalue weighted by atomic mass is 16.4. The van der Waals surface area contributed by atoms with Crippen molar-refractivity contribution in [3.05, 3.63) is 69.3 Å². The molecule has 0 saturated carbocycles. The van der Waals surface area contributed by atoms with Crippen LogP contribution in [0.5, 0.6) is 0 Å². The van der Waals surface area contributed by atoms with E-state index in [-0.39, 0.29) is 22.3 Å². The molecule has 0 aliphatic heterocycles. The van der Waals surface area contributed by atoms with Crippen molar-refractivity contribution in [1.82, 2.24) is 0 Å². The average Bonchev–Trinajstić information content (AvgIpc) is 2.99. The van der Waals surface area contributed by atoms with E-state index in [0.717, 1.165) is 50.5 Å². The van der Waals surface area contributed by atoms with Gasteiger partial charge in [-0.15, -0.1) is 0 Å². The van der Waals surface area contributed by atoms with Crippen molar-refractivity contribution in [3.8, 4) is 0 Å². The van der Waals surface area contributed by atoms with E-state index < -0.39 is 23.9 Å². The van der Waals surface area contributed by atoms with E-state index in [4.69, 9.17) is 0 Å². The van der Waals surface area contributed by atoms with Crippen molar-refractivity contribution in [2.24, 2.45) is 5.92 Å². The summed E-state index contributed by atoms with van der Waals surface area (Å²) < 4.78 is 0. The minimum atomic E-state index is -1.49. The van der Waals surface area contributed by atoms with E-state index in [9.17, 15) is 39.6 Å². The van der Waals surface area contributed by atoms with Crippen LogP contribution in [0.15, 0.2) is 30.3 Å². The number of carbonyl (C=O) groups is 4. The molecule has 45 heavy (non-hydrogen) atoms. The summed E-state index contributed by atoms with van der Waals surface area (Å²) in [7, 11) is 0. The van der Waals surface area contributed by atoms with Gasteiger partial charge < -0.3 is 39.6 Å². The number of carboxylic acid groups (broad SMARTS) is 4. The molecule has 0 aliphatic rings. The smallest absolute Gasteiger partial charge is 0.0724 e. The van der Waals surface area contributed by atoms with Crippen LogP contribution in [-0.2, 0) is 19.3 Å². The first kappa shape index (κ1) is 39.3. The van der Waals surface area contributed by atoms with Gasteiger partial charge in [0.15, 0.2) is 0 Å². The van der Waals surface area contributed by atoms with Gasteiger partial charge in [-0.3, -0.25) is 0 Å². The van der Waals surface area contributed by atoms with Gasteiger partial charge >= 0.3 is 0 Å². The number of aryl methyl sites for hydroxylation is 2.